The van der Waals surface area contributed by atoms with Crippen LogP contribution in [0.3, 0.4) is 0 Å². The second-order valence-corrected chi connectivity index (χ2v) is 8.94. The van der Waals surface area contributed by atoms with Crippen LogP contribution in [-0.2, 0) is 9.13 Å². The van der Waals surface area contributed by atoms with Gasteiger partial charge in [-0.15, -0.1) is 0 Å². The van der Waals surface area contributed by atoms with Crippen molar-refractivity contribution in [2.24, 2.45) is 0 Å². The highest BCUT2D eigenvalue weighted by atomic mass is 31.2. The van der Waals surface area contributed by atoms with E-state index in [2.05, 4.69) is 0 Å². The van der Waals surface area contributed by atoms with Gasteiger partial charge >= 0.3 is 15.2 Å². The fraction of sp³-hybridized carbons (Fsp3) is 0. The lowest BCUT2D eigenvalue weighted by Crippen LogP contribution is -2.03. The molecule has 3 aromatic rings. The van der Waals surface area contributed by atoms with Crippen molar-refractivity contribution >= 4 is 25.8 Å². The fourth-order valence-electron chi connectivity index (χ4n) is 2.66. The van der Waals surface area contributed by atoms with Gasteiger partial charge in [-0.25, -0.2) is 0 Å². The molecule has 0 aliphatic carbocycles. The fourth-order valence-corrected chi connectivity index (χ4v) is 3.73. The van der Waals surface area contributed by atoms with Crippen LogP contribution in [0.15, 0.2) is 72.8 Å². The molecule has 3 aromatic carbocycles. The van der Waals surface area contributed by atoms with Crippen LogP contribution in [-0.4, -0.2) is 19.6 Å². The van der Waals surface area contributed by atoms with Gasteiger partial charge in [-0.05, 0) is 46.5 Å². The summed E-state index contributed by atoms with van der Waals surface area (Å²) < 4.78 is 22.6. The van der Waals surface area contributed by atoms with Gasteiger partial charge in [-0.1, -0.05) is 48.5 Å². The van der Waals surface area contributed by atoms with Crippen LogP contribution in [0, 0.1) is 0 Å². The predicted molar refractivity (Wildman–Crippen MR) is 101 cm³/mol. The molecule has 0 unspecified atom stereocenters. The predicted octanol–water partition coefficient (Wildman–Crippen LogP) is 2.63. The first-order chi connectivity index (χ1) is 12.2. The van der Waals surface area contributed by atoms with Crippen LogP contribution in [0.2, 0.25) is 0 Å². The molecule has 6 nitrogen and oxygen atoms in total. The Kier molecular flexibility index (Phi) is 5.00. The molecule has 0 saturated heterocycles. The average Bonchev–Trinajstić information content (AvgIpc) is 2.60. The third-order valence-corrected chi connectivity index (χ3v) is 5.90. The normalized spacial score (nSPS) is 12.2. The Morgan fingerprint density at radius 2 is 0.808 bits per heavy atom. The second-order valence-electron chi connectivity index (χ2n) is 5.73. The molecular formula is C18H16O6P2. The summed E-state index contributed by atoms with van der Waals surface area (Å²) in [7, 11) is -8.59. The summed E-state index contributed by atoms with van der Waals surface area (Å²) in [4.78, 5) is 36.9. The minimum Gasteiger partial charge on any atom is -0.321 e. The highest BCUT2D eigenvalue weighted by molar-refractivity contribution is 7.60. The molecule has 134 valence electrons. The van der Waals surface area contributed by atoms with Crippen molar-refractivity contribution in [1.82, 2.24) is 0 Å². The van der Waals surface area contributed by atoms with Gasteiger partial charge in [-0.3, -0.25) is 9.13 Å². The Bertz CT molecular complexity index is 932. The summed E-state index contributed by atoms with van der Waals surface area (Å²) in [6.07, 6.45) is 0. The zero-order valence-electron chi connectivity index (χ0n) is 13.4. The van der Waals surface area contributed by atoms with Crippen molar-refractivity contribution in [2.75, 3.05) is 0 Å². The minimum absolute atomic E-state index is 0.0512. The Labute approximate surface area is 150 Å². The summed E-state index contributed by atoms with van der Waals surface area (Å²) in [6, 6.07) is 19.6. The molecule has 0 radical (unpaired) electrons. The van der Waals surface area contributed by atoms with Crippen LogP contribution in [0.5, 0.6) is 0 Å². The highest BCUT2D eigenvalue weighted by Crippen LogP contribution is 2.37. The van der Waals surface area contributed by atoms with E-state index >= 15 is 0 Å². The molecule has 8 heteroatoms. The van der Waals surface area contributed by atoms with Crippen molar-refractivity contribution in [1.29, 1.82) is 0 Å². The van der Waals surface area contributed by atoms with Crippen molar-refractivity contribution < 1.29 is 28.7 Å². The Hall–Kier alpha value is -2.04. The second kappa shape index (κ2) is 6.93. The van der Waals surface area contributed by atoms with Gasteiger partial charge in [0, 0.05) is 0 Å². The lowest BCUT2D eigenvalue weighted by Gasteiger charge is -2.12. The molecule has 3 rings (SSSR count). The first kappa shape index (κ1) is 18.7. The van der Waals surface area contributed by atoms with E-state index in [9.17, 15) is 28.7 Å². The Balaban J connectivity index is 2.04. The molecule has 0 bridgehead atoms. The van der Waals surface area contributed by atoms with E-state index in [1.165, 1.54) is 24.3 Å². The molecule has 0 heterocycles. The molecule has 0 fully saturated rings. The van der Waals surface area contributed by atoms with Crippen LogP contribution in [0.4, 0.5) is 0 Å². The van der Waals surface area contributed by atoms with Gasteiger partial charge < -0.3 is 19.6 Å². The molecule has 0 saturated carbocycles. The first-order valence-corrected chi connectivity index (χ1v) is 10.8. The third kappa shape index (κ3) is 4.02. The molecule has 26 heavy (non-hydrogen) atoms. The summed E-state index contributed by atoms with van der Waals surface area (Å²) in [5, 5.41) is -0.102. The maximum Gasteiger partial charge on any atom is 0.356 e. The van der Waals surface area contributed by atoms with Gasteiger partial charge in [0.05, 0.1) is 10.6 Å². The van der Waals surface area contributed by atoms with E-state index < -0.39 is 15.2 Å². The first-order valence-electron chi connectivity index (χ1n) is 7.58. The molecule has 0 aromatic heterocycles. The van der Waals surface area contributed by atoms with E-state index in [0.29, 0.717) is 0 Å². The van der Waals surface area contributed by atoms with Crippen LogP contribution in [0.1, 0.15) is 0 Å². The average molecular weight is 390 g/mol. The quantitative estimate of drug-likeness (QED) is 0.509. The Morgan fingerprint density at radius 3 is 1.08 bits per heavy atom. The standard InChI is InChI=1S/C18H16O6P2/c19-25(20,21)15-9-5-13(6-10-15)17-3-1-2-4-18(17)14-7-11-16(12-8-14)26(22,23)24/h1-12H,(H2,19,20,21)(H2,22,23,24). The molecule has 4 N–H and O–H groups in total. The lowest BCUT2D eigenvalue weighted by molar-refractivity contribution is 0.385. The number of hydrogen-bond donors (Lipinski definition) is 4. The number of rotatable bonds is 4. The highest BCUT2D eigenvalue weighted by Gasteiger charge is 2.18. The largest absolute Gasteiger partial charge is 0.356 e. The van der Waals surface area contributed by atoms with Gasteiger partial charge in [0.25, 0.3) is 0 Å². The third-order valence-electron chi connectivity index (χ3n) is 3.96. The van der Waals surface area contributed by atoms with Gasteiger partial charge in [0.2, 0.25) is 0 Å². The van der Waals surface area contributed by atoms with E-state index in [0.717, 1.165) is 22.3 Å². The summed E-state index contributed by atoms with van der Waals surface area (Å²) in [6.45, 7) is 0. The van der Waals surface area contributed by atoms with Crippen molar-refractivity contribution in [3.63, 3.8) is 0 Å². The van der Waals surface area contributed by atoms with E-state index in [1.54, 1.807) is 24.3 Å². The van der Waals surface area contributed by atoms with Gasteiger partial charge in [-0.2, -0.15) is 0 Å². The molecular weight excluding hydrogens is 374 g/mol. The molecule has 0 atom stereocenters. The minimum atomic E-state index is -4.29. The zero-order valence-corrected chi connectivity index (χ0v) is 15.2. The SMILES string of the molecule is O=P(O)(O)c1ccc(-c2ccccc2-c2ccc(P(=O)(O)O)cc2)cc1. The monoisotopic (exact) mass is 390 g/mol. The van der Waals surface area contributed by atoms with E-state index in [4.69, 9.17) is 0 Å². The topological polar surface area (TPSA) is 115 Å². The van der Waals surface area contributed by atoms with Crippen molar-refractivity contribution in [2.45, 2.75) is 0 Å². The van der Waals surface area contributed by atoms with Gasteiger partial charge in [0.1, 0.15) is 0 Å². The summed E-state index contributed by atoms with van der Waals surface area (Å²) in [5.41, 5.74) is 3.23. The molecule has 0 spiro atoms. The number of hydrogen-bond acceptors (Lipinski definition) is 2. The van der Waals surface area contributed by atoms with Crippen LogP contribution in [0.25, 0.3) is 22.3 Å². The Morgan fingerprint density at radius 1 is 0.500 bits per heavy atom. The summed E-state index contributed by atoms with van der Waals surface area (Å²) in [5.74, 6) is 0. The molecule has 0 aliphatic rings. The molecule has 0 aliphatic heterocycles. The van der Waals surface area contributed by atoms with E-state index in [1.807, 2.05) is 24.3 Å². The maximum atomic E-state index is 11.3. The smallest absolute Gasteiger partial charge is 0.321 e. The van der Waals surface area contributed by atoms with E-state index in [-0.39, 0.29) is 10.6 Å². The summed E-state index contributed by atoms with van der Waals surface area (Å²) >= 11 is 0. The lowest BCUT2D eigenvalue weighted by atomic mass is 9.95. The van der Waals surface area contributed by atoms with Crippen molar-refractivity contribution in [3.05, 3.63) is 72.8 Å². The van der Waals surface area contributed by atoms with Crippen molar-refractivity contribution in [3.8, 4) is 22.3 Å². The maximum absolute atomic E-state index is 11.3. The molecule has 0 amide bonds. The van der Waals surface area contributed by atoms with Crippen LogP contribution < -0.4 is 10.6 Å². The van der Waals surface area contributed by atoms with Crippen LogP contribution >= 0.6 is 15.2 Å². The number of benzene rings is 3. The van der Waals surface area contributed by atoms with Gasteiger partial charge in [0.15, 0.2) is 0 Å². The zero-order chi connectivity index (χ0) is 18.9.